The second-order valence-corrected chi connectivity index (χ2v) is 7.12. The number of amides is 2. The summed E-state index contributed by atoms with van der Waals surface area (Å²) in [6, 6.07) is 17.8. The summed E-state index contributed by atoms with van der Waals surface area (Å²) in [5.41, 5.74) is 3.62. The van der Waals surface area contributed by atoms with Crippen molar-refractivity contribution in [1.29, 1.82) is 5.26 Å². The lowest BCUT2D eigenvalue weighted by Crippen LogP contribution is -2.28. The molecule has 2 aromatic carbocycles. The molecule has 0 spiro atoms. The lowest BCUT2D eigenvalue weighted by atomic mass is 10.1. The summed E-state index contributed by atoms with van der Waals surface area (Å²) in [6.07, 6.45) is 0.757. The number of rotatable bonds is 3. The Bertz CT molecular complexity index is 1050. The number of thiophene rings is 1. The van der Waals surface area contributed by atoms with E-state index in [1.807, 2.05) is 35.7 Å². The zero-order valence-electron chi connectivity index (χ0n) is 14.3. The summed E-state index contributed by atoms with van der Waals surface area (Å²) in [7, 11) is 0. The first-order chi connectivity index (χ1) is 13.2. The van der Waals surface area contributed by atoms with Gasteiger partial charge in [-0.15, -0.1) is 11.3 Å². The molecule has 2 heterocycles. The van der Waals surface area contributed by atoms with Crippen LogP contribution in [0, 0.1) is 11.3 Å². The van der Waals surface area contributed by atoms with Crippen LogP contribution in [0.5, 0.6) is 0 Å². The monoisotopic (exact) mass is 373 g/mol. The van der Waals surface area contributed by atoms with Gasteiger partial charge >= 0.3 is 0 Å². The molecule has 1 aromatic heterocycles. The number of nitrogens with zero attached hydrogens (tertiary/aromatic N) is 2. The second-order valence-electron chi connectivity index (χ2n) is 6.17. The molecule has 132 valence electrons. The molecule has 0 aliphatic carbocycles. The topological polar surface area (TPSA) is 73.2 Å². The smallest absolute Gasteiger partial charge is 0.268 e. The molecule has 27 heavy (non-hydrogen) atoms. The Hall–Kier alpha value is -3.43. The Morgan fingerprint density at radius 1 is 1.11 bits per heavy atom. The molecule has 0 fully saturated rings. The van der Waals surface area contributed by atoms with Crippen LogP contribution in [0.25, 0.3) is 0 Å². The third kappa shape index (κ3) is 3.33. The maximum Gasteiger partial charge on any atom is 0.268 e. The first-order valence-electron chi connectivity index (χ1n) is 8.45. The largest absolute Gasteiger partial charge is 0.322 e. The summed E-state index contributed by atoms with van der Waals surface area (Å²) in [6.45, 7) is 0.638. The van der Waals surface area contributed by atoms with Gasteiger partial charge in [0.05, 0.1) is 16.5 Å². The molecule has 6 heteroatoms. The zero-order valence-corrected chi connectivity index (χ0v) is 15.1. The number of hydrogen-bond acceptors (Lipinski definition) is 4. The predicted molar refractivity (Wildman–Crippen MR) is 105 cm³/mol. The van der Waals surface area contributed by atoms with E-state index >= 15 is 0 Å². The number of anilines is 2. The molecule has 0 saturated heterocycles. The van der Waals surface area contributed by atoms with Gasteiger partial charge in [0.25, 0.3) is 11.8 Å². The van der Waals surface area contributed by atoms with E-state index in [0.717, 1.165) is 22.5 Å². The van der Waals surface area contributed by atoms with Crippen LogP contribution in [0.1, 0.15) is 31.2 Å². The fourth-order valence-electron chi connectivity index (χ4n) is 3.12. The Balaban J connectivity index is 1.51. The Morgan fingerprint density at radius 2 is 1.93 bits per heavy atom. The van der Waals surface area contributed by atoms with Crippen LogP contribution < -0.4 is 10.2 Å². The molecule has 4 rings (SSSR count). The van der Waals surface area contributed by atoms with Crippen LogP contribution in [0.15, 0.2) is 60.0 Å². The van der Waals surface area contributed by atoms with Gasteiger partial charge in [0.1, 0.15) is 0 Å². The number of nitriles is 1. The number of carbonyl (C=O) groups excluding carboxylic acids is 2. The number of fused-ring (bicyclic) bond motifs is 1. The first-order valence-corrected chi connectivity index (χ1v) is 9.33. The summed E-state index contributed by atoms with van der Waals surface area (Å²) in [5.74, 6) is -0.220. The quantitative estimate of drug-likeness (QED) is 0.752. The van der Waals surface area contributed by atoms with Crippen LogP contribution in [0.2, 0.25) is 0 Å². The van der Waals surface area contributed by atoms with Crippen LogP contribution >= 0.6 is 11.3 Å². The molecule has 0 atom stereocenters. The van der Waals surface area contributed by atoms with E-state index < -0.39 is 0 Å². The Labute approximate surface area is 160 Å². The SMILES string of the molecule is N#Cc1ccc(C(=O)Nc2ccc3c(c2)CCN3C(=O)c2cccs2)cc1. The lowest BCUT2D eigenvalue weighted by Gasteiger charge is -2.16. The number of nitrogens with one attached hydrogen (secondary N) is 1. The van der Waals surface area contributed by atoms with Crippen molar-refractivity contribution in [2.45, 2.75) is 6.42 Å². The zero-order chi connectivity index (χ0) is 18.8. The molecule has 0 bridgehead atoms. The Morgan fingerprint density at radius 3 is 2.63 bits per heavy atom. The van der Waals surface area contributed by atoms with Gasteiger partial charge in [0, 0.05) is 23.5 Å². The normalized spacial score (nSPS) is 12.3. The van der Waals surface area contributed by atoms with E-state index in [2.05, 4.69) is 5.32 Å². The van der Waals surface area contributed by atoms with E-state index in [1.54, 1.807) is 35.2 Å². The highest BCUT2D eigenvalue weighted by atomic mass is 32.1. The van der Waals surface area contributed by atoms with Gasteiger partial charge in [0.15, 0.2) is 0 Å². The number of benzene rings is 2. The summed E-state index contributed by atoms with van der Waals surface area (Å²) < 4.78 is 0. The highest BCUT2D eigenvalue weighted by Gasteiger charge is 2.26. The summed E-state index contributed by atoms with van der Waals surface area (Å²) in [5, 5.41) is 13.6. The van der Waals surface area contributed by atoms with Gasteiger partial charge in [-0.05, 0) is 65.9 Å². The summed E-state index contributed by atoms with van der Waals surface area (Å²) >= 11 is 1.44. The molecular weight excluding hydrogens is 358 g/mol. The fourth-order valence-corrected chi connectivity index (χ4v) is 3.80. The van der Waals surface area contributed by atoms with Crippen molar-refractivity contribution in [3.63, 3.8) is 0 Å². The number of carbonyl (C=O) groups is 2. The third-order valence-corrected chi connectivity index (χ3v) is 5.34. The highest BCUT2D eigenvalue weighted by molar-refractivity contribution is 7.12. The van der Waals surface area contributed by atoms with Gasteiger partial charge < -0.3 is 10.2 Å². The molecule has 1 aliphatic rings. The second kappa shape index (κ2) is 7.06. The molecule has 1 aliphatic heterocycles. The van der Waals surface area contributed by atoms with E-state index in [-0.39, 0.29) is 11.8 Å². The van der Waals surface area contributed by atoms with Crippen LogP contribution in [0.3, 0.4) is 0 Å². The molecular formula is C21H15N3O2S. The van der Waals surface area contributed by atoms with E-state index in [0.29, 0.717) is 23.4 Å². The van der Waals surface area contributed by atoms with Gasteiger partial charge in [-0.3, -0.25) is 9.59 Å². The molecule has 0 radical (unpaired) electrons. The predicted octanol–water partition coefficient (Wildman–Crippen LogP) is 4.07. The van der Waals surface area contributed by atoms with Crippen LogP contribution in [0.4, 0.5) is 11.4 Å². The van der Waals surface area contributed by atoms with Crippen molar-refractivity contribution in [2.75, 3.05) is 16.8 Å². The minimum absolute atomic E-state index is 0.0121. The van der Waals surface area contributed by atoms with E-state index in [4.69, 9.17) is 5.26 Å². The standard InChI is InChI=1S/C21H15N3O2S/c22-13-14-3-5-15(6-4-14)20(25)23-17-7-8-18-16(12-17)9-10-24(18)21(26)19-2-1-11-27-19/h1-8,11-12H,9-10H2,(H,23,25). The van der Waals surface area contributed by atoms with Gasteiger partial charge in [-0.2, -0.15) is 5.26 Å². The average molecular weight is 373 g/mol. The lowest BCUT2D eigenvalue weighted by molar-refractivity contribution is 0.0991. The molecule has 0 saturated carbocycles. The minimum Gasteiger partial charge on any atom is -0.322 e. The minimum atomic E-state index is -0.232. The summed E-state index contributed by atoms with van der Waals surface area (Å²) in [4.78, 5) is 27.5. The van der Waals surface area contributed by atoms with Crippen molar-refractivity contribution in [2.24, 2.45) is 0 Å². The maximum atomic E-state index is 12.6. The van der Waals surface area contributed by atoms with Gasteiger partial charge in [-0.25, -0.2) is 0 Å². The van der Waals surface area contributed by atoms with Gasteiger partial charge in [-0.1, -0.05) is 6.07 Å². The molecule has 3 aromatic rings. The molecule has 0 unspecified atom stereocenters. The maximum absolute atomic E-state index is 12.6. The Kier molecular flexibility index (Phi) is 4.45. The van der Waals surface area contributed by atoms with Crippen LogP contribution in [-0.2, 0) is 6.42 Å². The average Bonchev–Trinajstić information content (AvgIpc) is 3.37. The third-order valence-electron chi connectivity index (χ3n) is 4.49. The van der Waals surface area contributed by atoms with Crippen molar-refractivity contribution in [1.82, 2.24) is 0 Å². The van der Waals surface area contributed by atoms with Crippen molar-refractivity contribution in [3.05, 3.63) is 81.5 Å². The molecule has 2 amide bonds. The fraction of sp³-hybridized carbons (Fsp3) is 0.0952. The number of hydrogen-bond donors (Lipinski definition) is 1. The van der Waals surface area contributed by atoms with Crippen molar-refractivity contribution >= 4 is 34.5 Å². The van der Waals surface area contributed by atoms with E-state index in [9.17, 15) is 9.59 Å². The van der Waals surface area contributed by atoms with Gasteiger partial charge in [0.2, 0.25) is 0 Å². The van der Waals surface area contributed by atoms with Crippen LogP contribution in [-0.4, -0.2) is 18.4 Å². The van der Waals surface area contributed by atoms with E-state index in [1.165, 1.54) is 11.3 Å². The highest BCUT2D eigenvalue weighted by Crippen LogP contribution is 2.32. The first kappa shape index (κ1) is 17.0. The van der Waals surface area contributed by atoms with Crippen molar-refractivity contribution in [3.8, 4) is 6.07 Å². The molecule has 1 N–H and O–H groups in total. The van der Waals surface area contributed by atoms with Crippen molar-refractivity contribution < 1.29 is 9.59 Å². The molecule has 5 nitrogen and oxygen atoms in total.